The van der Waals surface area contributed by atoms with E-state index in [0.717, 1.165) is 11.1 Å². The largest absolute Gasteiger partial charge is 0.392 e. The Morgan fingerprint density at radius 3 is 2.89 bits per heavy atom. The highest BCUT2D eigenvalue weighted by Gasteiger charge is 2.07. The Bertz CT molecular complexity index is 549. The molecule has 1 amide bonds. The number of carbonyl (C=O) groups excluding carboxylic acids is 1. The Morgan fingerprint density at radius 1 is 1.44 bits per heavy atom. The van der Waals surface area contributed by atoms with Gasteiger partial charge in [0.1, 0.15) is 5.69 Å². The first-order chi connectivity index (χ1) is 8.69. The highest BCUT2D eigenvalue weighted by Crippen LogP contribution is 2.05. The van der Waals surface area contributed by atoms with Gasteiger partial charge in [0, 0.05) is 19.8 Å². The van der Waals surface area contributed by atoms with Crippen LogP contribution in [0.4, 0.5) is 0 Å². The highest BCUT2D eigenvalue weighted by molar-refractivity contribution is 5.91. The fourth-order valence-corrected chi connectivity index (χ4v) is 1.64. The number of benzene rings is 1. The van der Waals surface area contributed by atoms with Crippen molar-refractivity contribution in [2.24, 2.45) is 7.05 Å². The molecular formula is C13H15N3O2. The van der Waals surface area contributed by atoms with Crippen LogP contribution in [0.15, 0.2) is 36.8 Å². The maximum Gasteiger partial charge on any atom is 0.271 e. The van der Waals surface area contributed by atoms with Gasteiger partial charge in [0.25, 0.3) is 5.91 Å². The van der Waals surface area contributed by atoms with Crippen molar-refractivity contribution >= 4 is 5.91 Å². The van der Waals surface area contributed by atoms with E-state index in [9.17, 15) is 4.79 Å². The van der Waals surface area contributed by atoms with Gasteiger partial charge in [-0.1, -0.05) is 24.3 Å². The van der Waals surface area contributed by atoms with Crippen molar-refractivity contribution in [1.29, 1.82) is 0 Å². The molecule has 0 aliphatic carbocycles. The summed E-state index contributed by atoms with van der Waals surface area (Å²) in [6, 6.07) is 7.45. The third-order valence-corrected chi connectivity index (χ3v) is 2.56. The lowest BCUT2D eigenvalue weighted by atomic mass is 10.1. The summed E-state index contributed by atoms with van der Waals surface area (Å²) < 4.78 is 1.72. The van der Waals surface area contributed by atoms with Crippen molar-refractivity contribution < 1.29 is 9.90 Å². The molecule has 0 aliphatic heterocycles. The minimum atomic E-state index is -0.204. The van der Waals surface area contributed by atoms with Crippen molar-refractivity contribution in [2.45, 2.75) is 13.2 Å². The van der Waals surface area contributed by atoms with Crippen molar-refractivity contribution in [3.8, 4) is 0 Å². The van der Waals surface area contributed by atoms with Crippen LogP contribution in [0.1, 0.15) is 21.6 Å². The van der Waals surface area contributed by atoms with E-state index in [4.69, 9.17) is 5.11 Å². The van der Waals surface area contributed by atoms with E-state index >= 15 is 0 Å². The smallest absolute Gasteiger partial charge is 0.271 e. The van der Waals surface area contributed by atoms with Gasteiger partial charge < -0.3 is 15.0 Å². The number of amides is 1. The van der Waals surface area contributed by atoms with Gasteiger partial charge in [-0.15, -0.1) is 0 Å². The number of nitrogens with one attached hydrogen (secondary N) is 1. The first-order valence-electron chi connectivity index (χ1n) is 5.64. The number of hydrogen-bond donors (Lipinski definition) is 2. The molecule has 0 saturated carbocycles. The minimum absolute atomic E-state index is 0.00201. The summed E-state index contributed by atoms with van der Waals surface area (Å²) >= 11 is 0. The number of carbonyl (C=O) groups is 1. The van der Waals surface area contributed by atoms with Gasteiger partial charge in [-0.2, -0.15) is 0 Å². The number of rotatable bonds is 4. The number of aliphatic hydroxyl groups excluding tert-OH is 1. The van der Waals surface area contributed by atoms with Crippen LogP contribution >= 0.6 is 0 Å². The number of aryl methyl sites for hydroxylation is 1. The molecule has 18 heavy (non-hydrogen) atoms. The summed E-state index contributed by atoms with van der Waals surface area (Å²) in [4.78, 5) is 15.7. The molecule has 0 bridgehead atoms. The highest BCUT2D eigenvalue weighted by atomic mass is 16.3. The molecular weight excluding hydrogens is 230 g/mol. The fourth-order valence-electron chi connectivity index (χ4n) is 1.64. The Hall–Kier alpha value is -2.14. The summed E-state index contributed by atoms with van der Waals surface area (Å²) in [6.45, 7) is 0.422. The number of aliphatic hydroxyl groups is 1. The van der Waals surface area contributed by atoms with Crippen LogP contribution in [0.25, 0.3) is 0 Å². The molecule has 0 saturated heterocycles. The molecule has 2 aromatic rings. The summed E-state index contributed by atoms with van der Waals surface area (Å²) in [6.07, 6.45) is 3.25. The van der Waals surface area contributed by atoms with E-state index < -0.39 is 0 Å². The van der Waals surface area contributed by atoms with Gasteiger partial charge in [-0.3, -0.25) is 4.79 Å². The van der Waals surface area contributed by atoms with Crippen LogP contribution in [0, 0.1) is 0 Å². The molecule has 1 aromatic heterocycles. The molecule has 0 fully saturated rings. The van der Waals surface area contributed by atoms with Gasteiger partial charge in [0.2, 0.25) is 0 Å². The zero-order chi connectivity index (χ0) is 13.0. The number of nitrogens with zero attached hydrogens (tertiary/aromatic N) is 2. The van der Waals surface area contributed by atoms with Crippen LogP contribution in [0.3, 0.4) is 0 Å². The molecule has 0 atom stereocenters. The molecule has 1 heterocycles. The Morgan fingerprint density at radius 2 is 2.22 bits per heavy atom. The number of imidazole rings is 1. The van der Waals surface area contributed by atoms with Crippen molar-refractivity contribution in [3.63, 3.8) is 0 Å². The second kappa shape index (κ2) is 5.46. The van der Waals surface area contributed by atoms with E-state index in [2.05, 4.69) is 10.3 Å². The van der Waals surface area contributed by atoms with E-state index in [1.165, 1.54) is 0 Å². The molecule has 94 valence electrons. The standard InChI is InChI=1S/C13H15N3O2/c1-16-7-12(15-9-16)13(18)14-6-10-3-2-4-11(5-10)8-17/h2-5,7,9,17H,6,8H2,1H3,(H,14,18). The first-order valence-corrected chi connectivity index (χ1v) is 5.64. The summed E-state index contributed by atoms with van der Waals surface area (Å²) in [7, 11) is 1.81. The lowest BCUT2D eigenvalue weighted by Crippen LogP contribution is -2.23. The zero-order valence-corrected chi connectivity index (χ0v) is 10.1. The van der Waals surface area contributed by atoms with Crippen LogP contribution in [-0.4, -0.2) is 20.6 Å². The summed E-state index contributed by atoms with van der Waals surface area (Å²) in [5.74, 6) is -0.204. The summed E-state index contributed by atoms with van der Waals surface area (Å²) in [5, 5.41) is 11.8. The van der Waals surface area contributed by atoms with Crippen molar-refractivity contribution in [2.75, 3.05) is 0 Å². The monoisotopic (exact) mass is 245 g/mol. The first kappa shape index (κ1) is 12.3. The average Bonchev–Trinajstić information content (AvgIpc) is 2.83. The zero-order valence-electron chi connectivity index (χ0n) is 10.1. The molecule has 0 unspecified atom stereocenters. The average molecular weight is 245 g/mol. The van der Waals surface area contributed by atoms with Gasteiger partial charge in [-0.05, 0) is 11.1 Å². The molecule has 5 heteroatoms. The topological polar surface area (TPSA) is 67.2 Å². The molecule has 1 aromatic carbocycles. The number of hydrogen-bond acceptors (Lipinski definition) is 3. The molecule has 0 aliphatic rings. The predicted octanol–water partition coefficient (Wildman–Crippen LogP) is 0.842. The molecule has 5 nitrogen and oxygen atoms in total. The van der Waals surface area contributed by atoms with Gasteiger partial charge in [-0.25, -0.2) is 4.98 Å². The molecule has 2 N–H and O–H groups in total. The van der Waals surface area contributed by atoms with Gasteiger partial charge in [0.15, 0.2) is 0 Å². The van der Waals surface area contributed by atoms with Crippen LogP contribution < -0.4 is 5.32 Å². The lowest BCUT2D eigenvalue weighted by molar-refractivity contribution is 0.0946. The Balaban J connectivity index is 1.97. The third kappa shape index (κ3) is 2.95. The van der Waals surface area contributed by atoms with E-state index in [-0.39, 0.29) is 12.5 Å². The second-order valence-electron chi connectivity index (χ2n) is 4.09. The lowest BCUT2D eigenvalue weighted by Gasteiger charge is -2.05. The van der Waals surface area contributed by atoms with E-state index in [0.29, 0.717) is 12.2 Å². The maximum atomic E-state index is 11.7. The molecule has 0 radical (unpaired) electrons. The predicted molar refractivity (Wildman–Crippen MR) is 66.7 cm³/mol. The van der Waals surface area contributed by atoms with Crippen molar-refractivity contribution in [3.05, 3.63) is 53.6 Å². The van der Waals surface area contributed by atoms with Gasteiger partial charge in [0.05, 0.1) is 12.9 Å². The van der Waals surface area contributed by atoms with Crippen LogP contribution in [-0.2, 0) is 20.2 Å². The number of aromatic nitrogens is 2. The molecule has 2 rings (SSSR count). The molecule has 0 spiro atoms. The second-order valence-corrected chi connectivity index (χ2v) is 4.09. The SMILES string of the molecule is Cn1cnc(C(=O)NCc2cccc(CO)c2)c1. The Kier molecular flexibility index (Phi) is 3.74. The maximum absolute atomic E-state index is 11.7. The van der Waals surface area contributed by atoms with Gasteiger partial charge >= 0.3 is 0 Å². The minimum Gasteiger partial charge on any atom is -0.392 e. The third-order valence-electron chi connectivity index (χ3n) is 2.56. The summed E-state index contributed by atoms with van der Waals surface area (Å²) in [5.41, 5.74) is 2.18. The van der Waals surface area contributed by atoms with Crippen molar-refractivity contribution in [1.82, 2.24) is 14.9 Å². The van der Waals surface area contributed by atoms with E-state index in [1.54, 1.807) is 17.1 Å². The quantitative estimate of drug-likeness (QED) is 0.839. The van der Waals surface area contributed by atoms with Crippen LogP contribution in [0.2, 0.25) is 0 Å². The fraction of sp³-hybridized carbons (Fsp3) is 0.231. The Labute approximate surface area is 105 Å². The van der Waals surface area contributed by atoms with Crippen LogP contribution in [0.5, 0.6) is 0 Å². The normalized spacial score (nSPS) is 10.3. The van der Waals surface area contributed by atoms with E-state index in [1.807, 2.05) is 31.3 Å².